The zero-order valence-electron chi connectivity index (χ0n) is 17.3. The normalized spacial score (nSPS) is 11.4. The second-order valence-electron chi connectivity index (χ2n) is 7.81. The van der Waals surface area contributed by atoms with Gasteiger partial charge in [0.15, 0.2) is 5.69 Å². The van der Waals surface area contributed by atoms with E-state index in [0.29, 0.717) is 0 Å². The lowest BCUT2D eigenvalue weighted by Gasteiger charge is -2.13. The highest BCUT2D eigenvalue weighted by atomic mass is 15.3. The molecule has 0 aliphatic carbocycles. The van der Waals surface area contributed by atoms with Crippen molar-refractivity contribution in [1.29, 1.82) is 0 Å². The maximum absolute atomic E-state index is 4.74. The molecule has 0 atom stereocenters. The topological polar surface area (TPSA) is 21.7 Å². The molecule has 3 nitrogen and oxygen atoms in total. The zero-order valence-corrected chi connectivity index (χ0v) is 17.3. The molecule has 0 bridgehead atoms. The van der Waals surface area contributed by atoms with Crippen LogP contribution in [0.1, 0.15) is 16.8 Å². The number of fused-ring (bicyclic) bond motifs is 2. The first kappa shape index (κ1) is 17.6. The fourth-order valence-electron chi connectivity index (χ4n) is 4.41. The molecular weight excluding hydrogens is 354 g/mol. The smallest absolute Gasteiger partial charge is 0.218 e. The van der Waals surface area contributed by atoms with Gasteiger partial charge < -0.3 is 0 Å². The van der Waals surface area contributed by atoms with Gasteiger partial charge >= 0.3 is 0 Å². The molecule has 0 spiro atoms. The third-order valence-electron chi connectivity index (χ3n) is 5.80. The molecule has 5 rings (SSSR count). The van der Waals surface area contributed by atoms with E-state index in [9.17, 15) is 0 Å². The Bertz CT molecular complexity index is 1390. The first-order chi connectivity index (χ1) is 14.0. The van der Waals surface area contributed by atoms with Crippen molar-refractivity contribution in [2.45, 2.75) is 20.8 Å². The Kier molecular flexibility index (Phi) is 3.99. The van der Waals surface area contributed by atoms with E-state index < -0.39 is 0 Å². The summed E-state index contributed by atoms with van der Waals surface area (Å²) in [5.41, 5.74) is 9.60. The van der Waals surface area contributed by atoms with Gasteiger partial charge in [-0.3, -0.25) is 4.68 Å². The summed E-state index contributed by atoms with van der Waals surface area (Å²) < 4.78 is 4.39. The Hall–Kier alpha value is -3.46. The third-order valence-corrected chi connectivity index (χ3v) is 5.80. The molecule has 2 heterocycles. The van der Waals surface area contributed by atoms with Crippen LogP contribution in [-0.4, -0.2) is 9.78 Å². The van der Waals surface area contributed by atoms with E-state index in [1.807, 2.05) is 17.8 Å². The van der Waals surface area contributed by atoms with Crippen LogP contribution in [0.15, 0.2) is 72.8 Å². The van der Waals surface area contributed by atoms with E-state index in [1.54, 1.807) is 0 Å². The highest BCUT2D eigenvalue weighted by Crippen LogP contribution is 2.33. The van der Waals surface area contributed by atoms with Crippen molar-refractivity contribution in [2.24, 2.45) is 7.05 Å². The number of benzene rings is 3. The van der Waals surface area contributed by atoms with E-state index in [1.165, 1.54) is 50.1 Å². The third kappa shape index (κ3) is 2.73. The van der Waals surface area contributed by atoms with Gasteiger partial charge in [0, 0.05) is 54.1 Å². The van der Waals surface area contributed by atoms with Crippen LogP contribution in [0.5, 0.6) is 0 Å². The lowest BCUT2D eigenvalue weighted by molar-refractivity contribution is -0.574. The molecular formula is C26H24N3+. The number of hydrogen-bond donors (Lipinski definition) is 0. The number of para-hydroxylation sites is 1. The van der Waals surface area contributed by atoms with Gasteiger partial charge in [-0.2, -0.15) is 9.67 Å². The summed E-state index contributed by atoms with van der Waals surface area (Å²) in [6.07, 6.45) is 0. The second-order valence-corrected chi connectivity index (χ2v) is 7.81. The lowest BCUT2D eigenvalue weighted by atomic mass is 9.97. The van der Waals surface area contributed by atoms with E-state index in [0.717, 1.165) is 5.52 Å². The Morgan fingerprint density at radius 3 is 2.45 bits per heavy atom. The molecule has 0 saturated heterocycles. The summed E-state index contributed by atoms with van der Waals surface area (Å²) in [6, 6.07) is 25.9. The number of hydrogen-bond acceptors (Lipinski definition) is 1. The van der Waals surface area contributed by atoms with Gasteiger partial charge in [0.05, 0.1) is 11.2 Å². The monoisotopic (exact) mass is 378 g/mol. The summed E-state index contributed by atoms with van der Waals surface area (Å²) >= 11 is 0. The fraction of sp³-hybridized carbons (Fsp3) is 0.154. The number of aryl methyl sites for hydroxylation is 3. The Morgan fingerprint density at radius 2 is 1.59 bits per heavy atom. The minimum atomic E-state index is 1.03. The van der Waals surface area contributed by atoms with Gasteiger partial charge in [0.1, 0.15) is 0 Å². The predicted molar refractivity (Wildman–Crippen MR) is 119 cm³/mol. The number of pyridine rings is 1. The average molecular weight is 378 g/mol. The molecule has 0 aliphatic rings. The van der Waals surface area contributed by atoms with Crippen LogP contribution >= 0.6 is 0 Å². The van der Waals surface area contributed by atoms with Gasteiger partial charge in [0.2, 0.25) is 11.2 Å². The molecule has 0 aliphatic heterocycles. The minimum absolute atomic E-state index is 1.03. The molecule has 0 amide bonds. The van der Waals surface area contributed by atoms with Crippen molar-refractivity contribution in [2.75, 3.05) is 0 Å². The van der Waals surface area contributed by atoms with Gasteiger partial charge in [-0.25, -0.2) is 0 Å². The average Bonchev–Trinajstić information content (AvgIpc) is 3.05. The molecule has 0 radical (unpaired) electrons. The summed E-state index contributed by atoms with van der Waals surface area (Å²) in [5.74, 6) is 0. The van der Waals surface area contributed by atoms with E-state index in [4.69, 9.17) is 5.10 Å². The summed E-state index contributed by atoms with van der Waals surface area (Å²) in [6.45, 7) is 6.57. The molecule has 142 valence electrons. The summed E-state index contributed by atoms with van der Waals surface area (Å²) in [7, 11) is 2.03. The Morgan fingerprint density at radius 1 is 0.828 bits per heavy atom. The standard InChI is InChI=1S/C26H24N3/c1-17-15-22(26-21-10-6-7-11-23(21)27-28(26)4)19(3)25(16-17)29-18(2)13-14-20-9-5-8-12-24(20)29/h5-16H,1-4H3/q+1. The molecule has 0 unspecified atom stereocenters. The second kappa shape index (κ2) is 6.56. The van der Waals surface area contributed by atoms with Gasteiger partial charge in [0.25, 0.3) is 0 Å². The van der Waals surface area contributed by atoms with E-state index in [-0.39, 0.29) is 0 Å². The summed E-state index contributed by atoms with van der Waals surface area (Å²) in [4.78, 5) is 0. The predicted octanol–water partition coefficient (Wildman–Crippen LogP) is 5.60. The SMILES string of the molecule is Cc1cc(-c2c3ccccc3nn2C)c(C)c(-[n+]2c(C)ccc3ccccc32)c1. The highest BCUT2D eigenvalue weighted by Gasteiger charge is 2.23. The molecule has 3 aromatic carbocycles. The Balaban J connectivity index is 1.86. The lowest BCUT2D eigenvalue weighted by Crippen LogP contribution is -2.36. The molecule has 2 aromatic heterocycles. The fourth-order valence-corrected chi connectivity index (χ4v) is 4.41. The largest absolute Gasteiger partial charge is 0.267 e. The van der Waals surface area contributed by atoms with Gasteiger partial charge in [-0.1, -0.05) is 30.3 Å². The van der Waals surface area contributed by atoms with E-state index in [2.05, 4.69) is 92.1 Å². The molecule has 5 aromatic rings. The van der Waals surface area contributed by atoms with Crippen LogP contribution in [-0.2, 0) is 7.05 Å². The van der Waals surface area contributed by atoms with Gasteiger partial charge in [-0.15, -0.1) is 0 Å². The molecule has 29 heavy (non-hydrogen) atoms. The van der Waals surface area contributed by atoms with Crippen LogP contribution in [0.4, 0.5) is 0 Å². The molecule has 3 heteroatoms. The highest BCUT2D eigenvalue weighted by molar-refractivity contribution is 5.94. The minimum Gasteiger partial charge on any atom is -0.267 e. The van der Waals surface area contributed by atoms with Crippen molar-refractivity contribution in [3.8, 4) is 16.9 Å². The van der Waals surface area contributed by atoms with Crippen LogP contribution in [0, 0.1) is 20.8 Å². The maximum Gasteiger partial charge on any atom is 0.218 e. The molecule has 0 N–H and O–H groups in total. The number of rotatable bonds is 2. The van der Waals surface area contributed by atoms with Crippen molar-refractivity contribution < 1.29 is 4.57 Å². The van der Waals surface area contributed by atoms with Crippen molar-refractivity contribution >= 4 is 21.8 Å². The van der Waals surface area contributed by atoms with Crippen molar-refractivity contribution in [3.05, 3.63) is 89.6 Å². The first-order valence-electron chi connectivity index (χ1n) is 9.99. The van der Waals surface area contributed by atoms with Crippen LogP contribution in [0.25, 0.3) is 38.8 Å². The quantitative estimate of drug-likeness (QED) is 0.367. The number of nitrogens with zero attached hydrogens (tertiary/aromatic N) is 3. The number of aromatic nitrogens is 3. The van der Waals surface area contributed by atoms with Crippen molar-refractivity contribution in [3.63, 3.8) is 0 Å². The zero-order chi connectivity index (χ0) is 20.1. The van der Waals surface area contributed by atoms with Crippen LogP contribution in [0.3, 0.4) is 0 Å². The van der Waals surface area contributed by atoms with Crippen LogP contribution in [0.2, 0.25) is 0 Å². The molecule has 0 fully saturated rings. The van der Waals surface area contributed by atoms with E-state index >= 15 is 0 Å². The first-order valence-corrected chi connectivity index (χ1v) is 9.99. The summed E-state index contributed by atoms with van der Waals surface area (Å²) in [5, 5.41) is 7.17. The van der Waals surface area contributed by atoms with Gasteiger partial charge in [-0.05, 0) is 43.7 Å². The Labute approximate surface area is 170 Å². The maximum atomic E-state index is 4.74. The van der Waals surface area contributed by atoms with Crippen molar-refractivity contribution in [1.82, 2.24) is 9.78 Å². The van der Waals surface area contributed by atoms with Crippen LogP contribution < -0.4 is 4.57 Å². The molecule has 0 saturated carbocycles.